The largest absolute Gasteiger partial charge is 0.461 e. The second-order valence-corrected chi connectivity index (χ2v) is 4.77. The van der Waals surface area contributed by atoms with Gasteiger partial charge in [-0.25, -0.2) is 0 Å². The summed E-state index contributed by atoms with van der Waals surface area (Å²) in [6, 6.07) is 5.22. The molecule has 0 aliphatic heterocycles. The summed E-state index contributed by atoms with van der Waals surface area (Å²) in [6.45, 7) is 4.03. The van der Waals surface area contributed by atoms with Crippen LogP contribution in [0.1, 0.15) is 31.9 Å². The zero-order valence-corrected chi connectivity index (χ0v) is 10.7. The van der Waals surface area contributed by atoms with Crippen LogP contribution in [-0.4, -0.2) is 12.5 Å². The number of rotatable bonds is 6. The van der Waals surface area contributed by atoms with Gasteiger partial charge in [0.15, 0.2) is 0 Å². The molecule has 0 bridgehead atoms. The van der Waals surface area contributed by atoms with Crippen LogP contribution in [0.3, 0.4) is 0 Å². The highest BCUT2D eigenvalue weighted by Gasteiger charge is 2.43. The van der Waals surface area contributed by atoms with Crippen molar-refractivity contribution in [2.24, 2.45) is 11.7 Å². The molecule has 0 aliphatic carbocycles. The summed E-state index contributed by atoms with van der Waals surface area (Å²) in [5.41, 5.74) is 6.66. The zero-order valence-electron chi connectivity index (χ0n) is 10.7. The molecule has 0 radical (unpaired) electrons. The van der Waals surface area contributed by atoms with Crippen molar-refractivity contribution in [1.82, 2.24) is 0 Å². The Hall–Kier alpha value is -1.30. The van der Waals surface area contributed by atoms with Gasteiger partial charge >= 0.3 is 12.5 Å². The van der Waals surface area contributed by atoms with Crippen molar-refractivity contribution in [3.05, 3.63) is 29.8 Å². The molecule has 1 atom stereocenters. The predicted octanol–water partition coefficient (Wildman–Crippen LogP) is 3.97. The molecule has 0 heterocycles. The highest BCUT2D eigenvalue weighted by molar-refractivity contribution is 5.29. The van der Waals surface area contributed by atoms with Crippen molar-refractivity contribution in [2.75, 3.05) is 0 Å². The maximum atomic E-state index is 12.7. The predicted molar refractivity (Wildman–Crippen MR) is 64.4 cm³/mol. The van der Waals surface area contributed by atoms with Gasteiger partial charge in [0.2, 0.25) is 0 Å². The van der Waals surface area contributed by atoms with E-state index in [0.29, 0.717) is 5.92 Å². The monoisotopic (exact) mass is 279 g/mol. The van der Waals surface area contributed by atoms with E-state index < -0.39 is 12.5 Å². The molecule has 2 nitrogen and oxygen atoms in total. The first-order chi connectivity index (χ1) is 8.72. The van der Waals surface area contributed by atoms with E-state index in [2.05, 4.69) is 4.74 Å². The van der Waals surface area contributed by atoms with Crippen LogP contribution < -0.4 is 10.5 Å². The Kier molecular flexibility index (Phi) is 5.17. The molecule has 0 saturated carbocycles. The molecule has 1 aromatic carbocycles. The lowest BCUT2D eigenvalue weighted by Gasteiger charge is -2.18. The molecule has 0 unspecified atom stereocenters. The first-order valence-corrected chi connectivity index (χ1v) is 5.93. The Balaban J connectivity index is 2.71. The second kappa shape index (κ2) is 6.23. The van der Waals surface area contributed by atoms with Crippen LogP contribution in [0.5, 0.6) is 5.75 Å². The summed E-state index contributed by atoms with van der Waals surface area (Å²) in [4.78, 5) is 0. The van der Waals surface area contributed by atoms with Gasteiger partial charge in [-0.2, -0.15) is 17.6 Å². The summed E-state index contributed by atoms with van der Waals surface area (Å²) in [6.07, 6.45) is -7.61. The molecule has 1 rings (SSSR count). The van der Waals surface area contributed by atoms with Gasteiger partial charge in [0.25, 0.3) is 0 Å². The van der Waals surface area contributed by atoms with Crippen molar-refractivity contribution < 1.29 is 22.3 Å². The Labute approximate surface area is 109 Å². The Morgan fingerprint density at radius 2 is 1.68 bits per heavy atom. The molecule has 1 aromatic rings. The van der Waals surface area contributed by atoms with Crippen LogP contribution in [0, 0.1) is 5.92 Å². The fourth-order valence-electron chi connectivity index (χ4n) is 1.63. The third kappa shape index (κ3) is 4.70. The molecule has 0 amide bonds. The van der Waals surface area contributed by atoms with Gasteiger partial charge in [-0.15, -0.1) is 0 Å². The van der Waals surface area contributed by atoms with Crippen LogP contribution in [0.2, 0.25) is 0 Å². The van der Waals surface area contributed by atoms with Crippen LogP contribution in [0.15, 0.2) is 24.3 Å². The van der Waals surface area contributed by atoms with Gasteiger partial charge in [0.1, 0.15) is 5.75 Å². The summed E-state index contributed by atoms with van der Waals surface area (Å²) >= 11 is 0. The fourth-order valence-corrected chi connectivity index (χ4v) is 1.63. The highest BCUT2D eigenvalue weighted by Crippen LogP contribution is 2.28. The maximum Gasteiger partial charge on any atom is 0.461 e. The van der Waals surface area contributed by atoms with E-state index in [-0.39, 0.29) is 11.8 Å². The van der Waals surface area contributed by atoms with Crippen molar-refractivity contribution >= 4 is 0 Å². The smallest absolute Gasteiger partial charge is 0.428 e. The molecule has 0 aromatic heterocycles. The number of alkyl halides is 4. The van der Waals surface area contributed by atoms with E-state index >= 15 is 0 Å². The minimum Gasteiger partial charge on any atom is -0.428 e. The van der Waals surface area contributed by atoms with Gasteiger partial charge in [-0.05, 0) is 30.0 Å². The Bertz CT molecular complexity index is 392. The van der Waals surface area contributed by atoms with Gasteiger partial charge in [0, 0.05) is 6.04 Å². The van der Waals surface area contributed by atoms with E-state index in [9.17, 15) is 17.6 Å². The van der Waals surface area contributed by atoms with Crippen LogP contribution in [0.4, 0.5) is 17.6 Å². The lowest BCUT2D eigenvalue weighted by atomic mass is 9.98. The molecule has 0 saturated heterocycles. The van der Waals surface area contributed by atoms with E-state index in [1.54, 1.807) is 0 Å². The molecule has 0 aliphatic rings. The second-order valence-electron chi connectivity index (χ2n) is 4.77. The SMILES string of the molecule is CC(C)C[C@H](N)c1ccc(OC(F)(F)C(F)F)cc1. The highest BCUT2D eigenvalue weighted by atomic mass is 19.3. The van der Waals surface area contributed by atoms with Crippen molar-refractivity contribution in [1.29, 1.82) is 0 Å². The molecule has 6 heteroatoms. The number of nitrogens with two attached hydrogens (primary N) is 1. The molecule has 0 spiro atoms. The molecule has 108 valence electrons. The fraction of sp³-hybridized carbons (Fsp3) is 0.538. The summed E-state index contributed by atoms with van der Waals surface area (Å²) < 4.78 is 53.2. The van der Waals surface area contributed by atoms with Gasteiger partial charge in [-0.1, -0.05) is 26.0 Å². The molecule has 0 fully saturated rings. The summed E-state index contributed by atoms with van der Waals surface area (Å²) in [5.74, 6) is 0.0832. The van der Waals surface area contributed by atoms with Crippen LogP contribution >= 0.6 is 0 Å². The first kappa shape index (κ1) is 15.8. The van der Waals surface area contributed by atoms with Crippen molar-refractivity contribution in [3.63, 3.8) is 0 Å². The molecular formula is C13H17F4NO. The Morgan fingerprint density at radius 1 is 1.16 bits per heavy atom. The van der Waals surface area contributed by atoms with Crippen LogP contribution in [-0.2, 0) is 0 Å². The number of benzene rings is 1. The van der Waals surface area contributed by atoms with Crippen molar-refractivity contribution in [3.8, 4) is 5.75 Å². The van der Waals surface area contributed by atoms with E-state index in [1.165, 1.54) is 24.3 Å². The van der Waals surface area contributed by atoms with E-state index in [1.807, 2.05) is 13.8 Å². The third-order valence-electron chi connectivity index (χ3n) is 2.54. The number of ether oxygens (including phenoxy) is 1. The average molecular weight is 279 g/mol. The lowest BCUT2D eigenvalue weighted by Crippen LogP contribution is -2.33. The third-order valence-corrected chi connectivity index (χ3v) is 2.54. The number of halogens is 4. The summed E-state index contributed by atoms with van der Waals surface area (Å²) in [7, 11) is 0. The quantitative estimate of drug-likeness (QED) is 0.800. The number of hydrogen-bond acceptors (Lipinski definition) is 2. The zero-order chi connectivity index (χ0) is 14.6. The van der Waals surface area contributed by atoms with Gasteiger partial charge < -0.3 is 10.5 Å². The van der Waals surface area contributed by atoms with E-state index in [4.69, 9.17) is 5.73 Å². The minimum absolute atomic E-state index is 0.218. The minimum atomic E-state index is -4.48. The lowest BCUT2D eigenvalue weighted by molar-refractivity contribution is -0.253. The topological polar surface area (TPSA) is 35.2 Å². The Morgan fingerprint density at radius 3 is 2.11 bits per heavy atom. The average Bonchev–Trinajstić information content (AvgIpc) is 2.28. The molecule has 2 N–H and O–H groups in total. The summed E-state index contributed by atoms with van der Waals surface area (Å²) in [5, 5.41) is 0. The van der Waals surface area contributed by atoms with Gasteiger partial charge in [-0.3, -0.25) is 0 Å². The standard InChI is InChI=1S/C13H17F4NO/c1-8(2)7-11(18)9-3-5-10(6-4-9)19-13(16,17)12(14)15/h3-6,8,11-12H,7,18H2,1-2H3/t11-/m0/s1. The molecule has 19 heavy (non-hydrogen) atoms. The normalized spacial score (nSPS) is 13.9. The van der Waals surface area contributed by atoms with Crippen molar-refractivity contribution in [2.45, 2.75) is 38.8 Å². The molecular weight excluding hydrogens is 262 g/mol. The first-order valence-electron chi connectivity index (χ1n) is 5.93. The van der Waals surface area contributed by atoms with Crippen LogP contribution in [0.25, 0.3) is 0 Å². The number of hydrogen-bond donors (Lipinski definition) is 1. The maximum absolute atomic E-state index is 12.7. The van der Waals surface area contributed by atoms with E-state index in [0.717, 1.165) is 12.0 Å². The van der Waals surface area contributed by atoms with Gasteiger partial charge in [0.05, 0.1) is 0 Å².